The lowest BCUT2D eigenvalue weighted by atomic mass is 10.0. The van der Waals surface area contributed by atoms with Gasteiger partial charge in [0.05, 0.1) is 19.8 Å². The van der Waals surface area contributed by atoms with Gasteiger partial charge in [-0.15, -0.1) is 0 Å². The van der Waals surface area contributed by atoms with E-state index in [9.17, 15) is 4.79 Å². The van der Waals surface area contributed by atoms with Crippen molar-refractivity contribution in [2.45, 2.75) is 18.9 Å². The Morgan fingerprint density at radius 2 is 2.31 bits per heavy atom. The second-order valence-electron chi connectivity index (χ2n) is 4.13. The highest BCUT2D eigenvalue weighted by Crippen LogP contribution is 2.20. The third-order valence-corrected chi connectivity index (χ3v) is 2.41. The standard InChI is InChI=1S/C10H15N3O3/c1-13(2)5-9-11-10(16-12-9)7-6-15-4-3-8(7)14/h7H,3-6H2,1-2H3. The van der Waals surface area contributed by atoms with Gasteiger partial charge in [-0.3, -0.25) is 4.79 Å². The zero-order valence-electron chi connectivity index (χ0n) is 9.47. The minimum absolute atomic E-state index is 0.117. The third kappa shape index (κ3) is 2.45. The van der Waals surface area contributed by atoms with E-state index in [0.717, 1.165) is 0 Å². The first-order chi connectivity index (χ1) is 7.66. The second-order valence-corrected chi connectivity index (χ2v) is 4.13. The van der Waals surface area contributed by atoms with Gasteiger partial charge in [0.2, 0.25) is 5.89 Å². The molecule has 1 atom stereocenters. The molecule has 1 aromatic rings. The molecule has 1 unspecified atom stereocenters. The van der Waals surface area contributed by atoms with Gasteiger partial charge in [0, 0.05) is 6.42 Å². The molecule has 0 radical (unpaired) electrons. The van der Waals surface area contributed by atoms with Crippen molar-refractivity contribution in [2.75, 3.05) is 27.3 Å². The number of nitrogens with zero attached hydrogens (tertiary/aromatic N) is 3. The van der Waals surface area contributed by atoms with E-state index in [0.29, 0.717) is 37.9 Å². The Kier molecular flexibility index (Phi) is 3.31. The fourth-order valence-electron chi connectivity index (χ4n) is 1.61. The number of hydrogen-bond donors (Lipinski definition) is 0. The number of ether oxygens (including phenoxy) is 1. The summed E-state index contributed by atoms with van der Waals surface area (Å²) in [5.41, 5.74) is 0. The van der Waals surface area contributed by atoms with Gasteiger partial charge in [0.1, 0.15) is 11.7 Å². The Morgan fingerprint density at radius 3 is 3.00 bits per heavy atom. The molecule has 6 nitrogen and oxygen atoms in total. The van der Waals surface area contributed by atoms with E-state index in [1.165, 1.54) is 0 Å². The number of ketones is 1. The molecule has 2 rings (SSSR count). The molecule has 0 bridgehead atoms. The van der Waals surface area contributed by atoms with Gasteiger partial charge < -0.3 is 14.2 Å². The van der Waals surface area contributed by atoms with Gasteiger partial charge in [-0.1, -0.05) is 5.16 Å². The van der Waals surface area contributed by atoms with Gasteiger partial charge in [0.15, 0.2) is 5.82 Å². The lowest BCUT2D eigenvalue weighted by molar-refractivity contribution is -0.127. The van der Waals surface area contributed by atoms with E-state index in [1.807, 2.05) is 19.0 Å². The average Bonchev–Trinajstić information content (AvgIpc) is 2.66. The molecular formula is C10H15N3O3. The van der Waals surface area contributed by atoms with Crippen LogP contribution in [0.15, 0.2) is 4.52 Å². The highest BCUT2D eigenvalue weighted by Gasteiger charge is 2.29. The van der Waals surface area contributed by atoms with E-state index >= 15 is 0 Å². The van der Waals surface area contributed by atoms with Crippen LogP contribution in [0.3, 0.4) is 0 Å². The zero-order chi connectivity index (χ0) is 11.5. The summed E-state index contributed by atoms with van der Waals surface area (Å²) in [6, 6.07) is 0. The molecule has 16 heavy (non-hydrogen) atoms. The van der Waals surface area contributed by atoms with Gasteiger partial charge in [-0.05, 0) is 14.1 Å². The smallest absolute Gasteiger partial charge is 0.239 e. The van der Waals surface area contributed by atoms with Crippen LogP contribution in [0.1, 0.15) is 24.1 Å². The van der Waals surface area contributed by atoms with Crippen molar-refractivity contribution in [3.63, 3.8) is 0 Å². The predicted molar refractivity (Wildman–Crippen MR) is 54.9 cm³/mol. The van der Waals surface area contributed by atoms with Crippen LogP contribution >= 0.6 is 0 Å². The Hall–Kier alpha value is -1.27. The Balaban J connectivity index is 2.08. The lowest BCUT2D eigenvalue weighted by Gasteiger charge is -2.17. The van der Waals surface area contributed by atoms with Crippen molar-refractivity contribution in [1.82, 2.24) is 15.0 Å². The Bertz CT molecular complexity index is 375. The minimum atomic E-state index is -0.378. The molecule has 88 valence electrons. The molecule has 1 aliphatic rings. The molecule has 0 N–H and O–H groups in total. The summed E-state index contributed by atoms with van der Waals surface area (Å²) in [4.78, 5) is 17.8. The Morgan fingerprint density at radius 1 is 1.50 bits per heavy atom. The monoisotopic (exact) mass is 225 g/mol. The summed E-state index contributed by atoms with van der Waals surface area (Å²) in [7, 11) is 3.84. The van der Waals surface area contributed by atoms with Crippen LogP contribution in [0, 0.1) is 0 Å². The fourth-order valence-corrected chi connectivity index (χ4v) is 1.61. The maximum Gasteiger partial charge on any atom is 0.239 e. The summed E-state index contributed by atoms with van der Waals surface area (Å²) >= 11 is 0. The van der Waals surface area contributed by atoms with E-state index in [2.05, 4.69) is 10.1 Å². The summed E-state index contributed by atoms with van der Waals surface area (Å²) in [6.07, 6.45) is 0.427. The number of Topliss-reactive ketones (excluding diaryl/α,β-unsaturated/α-hetero) is 1. The van der Waals surface area contributed by atoms with Crippen LogP contribution in [0.5, 0.6) is 0 Å². The van der Waals surface area contributed by atoms with Crippen LogP contribution in [0.2, 0.25) is 0 Å². The van der Waals surface area contributed by atoms with Crippen LogP contribution in [0.4, 0.5) is 0 Å². The van der Waals surface area contributed by atoms with Crippen LogP contribution < -0.4 is 0 Å². The molecule has 2 heterocycles. The molecule has 6 heteroatoms. The van der Waals surface area contributed by atoms with Gasteiger partial charge in [-0.2, -0.15) is 4.98 Å². The first-order valence-corrected chi connectivity index (χ1v) is 5.24. The van der Waals surface area contributed by atoms with Crippen molar-refractivity contribution in [1.29, 1.82) is 0 Å². The quantitative estimate of drug-likeness (QED) is 0.732. The molecule has 1 fully saturated rings. The van der Waals surface area contributed by atoms with Gasteiger partial charge in [0.25, 0.3) is 0 Å². The molecule has 0 aromatic carbocycles. The molecule has 1 aromatic heterocycles. The second kappa shape index (κ2) is 4.71. The zero-order valence-corrected chi connectivity index (χ0v) is 9.47. The minimum Gasteiger partial charge on any atom is -0.380 e. The van der Waals surface area contributed by atoms with Gasteiger partial charge >= 0.3 is 0 Å². The number of rotatable bonds is 3. The first kappa shape index (κ1) is 11.2. The van der Waals surface area contributed by atoms with Crippen LogP contribution in [0.25, 0.3) is 0 Å². The topological polar surface area (TPSA) is 68.5 Å². The van der Waals surface area contributed by atoms with Crippen molar-refractivity contribution in [3.05, 3.63) is 11.7 Å². The molecular weight excluding hydrogens is 210 g/mol. The van der Waals surface area contributed by atoms with Crippen molar-refractivity contribution < 1.29 is 14.1 Å². The van der Waals surface area contributed by atoms with Crippen LogP contribution in [-0.4, -0.2) is 48.1 Å². The highest BCUT2D eigenvalue weighted by atomic mass is 16.5. The highest BCUT2D eigenvalue weighted by molar-refractivity contribution is 5.85. The van der Waals surface area contributed by atoms with E-state index in [4.69, 9.17) is 9.26 Å². The SMILES string of the molecule is CN(C)Cc1noc(C2COCCC2=O)n1. The summed E-state index contributed by atoms with van der Waals surface area (Å²) < 4.78 is 10.3. The summed E-state index contributed by atoms with van der Waals surface area (Å²) in [6.45, 7) is 1.45. The number of carbonyl (C=O) groups excluding carboxylic acids is 1. The van der Waals surface area contributed by atoms with Crippen molar-refractivity contribution in [3.8, 4) is 0 Å². The number of aromatic nitrogens is 2. The molecule has 1 saturated heterocycles. The Labute approximate surface area is 93.6 Å². The van der Waals surface area contributed by atoms with E-state index in [1.54, 1.807) is 0 Å². The largest absolute Gasteiger partial charge is 0.380 e. The lowest BCUT2D eigenvalue weighted by Crippen LogP contribution is -2.25. The van der Waals surface area contributed by atoms with Crippen molar-refractivity contribution in [2.24, 2.45) is 0 Å². The van der Waals surface area contributed by atoms with E-state index < -0.39 is 0 Å². The molecule has 0 aliphatic carbocycles. The van der Waals surface area contributed by atoms with Crippen LogP contribution in [-0.2, 0) is 16.1 Å². The average molecular weight is 225 g/mol. The summed E-state index contributed by atoms with van der Waals surface area (Å²) in [5, 5.41) is 3.83. The fraction of sp³-hybridized carbons (Fsp3) is 0.700. The normalized spacial score (nSPS) is 21.7. The van der Waals surface area contributed by atoms with E-state index in [-0.39, 0.29) is 11.7 Å². The predicted octanol–water partition coefficient (Wildman–Crippen LogP) is 0.204. The van der Waals surface area contributed by atoms with Gasteiger partial charge in [-0.25, -0.2) is 0 Å². The molecule has 1 aliphatic heterocycles. The summed E-state index contributed by atoms with van der Waals surface area (Å²) in [5.74, 6) is 0.711. The first-order valence-electron chi connectivity index (χ1n) is 5.24. The molecule has 0 amide bonds. The maximum atomic E-state index is 11.6. The van der Waals surface area contributed by atoms with Crippen molar-refractivity contribution >= 4 is 5.78 Å². The third-order valence-electron chi connectivity index (χ3n) is 2.41. The number of hydrogen-bond acceptors (Lipinski definition) is 6. The number of carbonyl (C=O) groups is 1. The molecule has 0 saturated carbocycles. The molecule has 0 spiro atoms. The maximum absolute atomic E-state index is 11.6.